The zero-order chi connectivity index (χ0) is 27.7. The van der Waals surface area contributed by atoms with Gasteiger partial charge in [-0.2, -0.15) is 0 Å². The van der Waals surface area contributed by atoms with Crippen molar-refractivity contribution in [2.24, 2.45) is 0 Å². The lowest BCUT2D eigenvalue weighted by Gasteiger charge is -2.13. The molecule has 0 bridgehead atoms. The van der Waals surface area contributed by atoms with Gasteiger partial charge >= 0.3 is 0 Å². The first kappa shape index (κ1) is 10.2. The van der Waals surface area contributed by atoms with Crippen LogP contribution in [-0.4, -0.2) is 32.0 Å². The van der Waals surface area contributed by atoms with Crippen LogP contribution in [0.2, 0.25) is 0 Å². The van der Waals surface area contributed by atoms with E-state index in [1.54, 1.807) is 13.8 Å². The Bertz CT molecular complexity index is 1110. The Morgan fingerprint density at radius 1 is 1.04 bits per heavy atom. The summed E-state index contributed by atoms with van der Waals surface area (Å²) in [4.78, 5) is 0. The van der Waals surface area contributed by atoms with E-state index in [9.17, 15) is 5.11 Å². The highest BCUT2D eigenvalue weighted by Crippen LogP contribution is 2.28. The largest absolute Gasteiger partial charge is 0.493 e. The highest BCUT2D eigenvalue weighted by molar-refractivity contribution is 5.42. The summed E-state index contributed by atoms with van der Waals surface area (Å²) in [6, 6.07) is -2.35. The zero-order valence-electron chi connectivity index (χ0n) is 25.4. The molecular weight excluding hydrogens is 328 g/mol. The van der Waals surface area contributed by atoms with Gasteiger partial charge in [-0.15, -0.1) is 0 Å². The molecule has 0 aromatic heterocycles. The molecule has 1 unspecified atom stereocenters. The van der Waals surface area contributed by atoms with Gasteiger partial charge in [0, 0.05) is 5.48 Å². The summed E-state index contributed by atoms with van der Waals surface area (Å²) in [7, 11) is 2.40. The SMILES string of the molecule is [2H]c1c([2H])c(OCC(O)CCC([2H])([2H])C([2H])([2H])c2c([2H])c([2H])c(OC)c(OC)c2[2H])c([2H])c(C)c1C. The van der Waals surface area contributed by atoms with Crippen molar-refractivity contribution in [2.75, 3.05) is 20.8 Å². The number of benzene rings is 2. The van der Waals surface area contributed by atoms with Crippen molar-refractivity contribution < 1.29 is 33.0 Å². The number of rotatable bonds is 10. The number of aliphatic hydroxyl groups excluding tert-OH is 1. The van der Waals surface area contributed by atoms with Crippen LogP contribution in [0.3, 0.4) is 0 Å². The maximum absolute atomic E-state index is 10.4. The number of methoxy groups -OCH3 is 2. The summed E-state index contributed by atoms with van der Waals surface area (Å²) in [5, 5.41) is 10.4. The van der Waals surface area contributed by atoms with Crippen LogP contribution in [0.1, 0.15) is 49.6 Å². The lowest BCUT2D eigenvalue weighted by Crippen LogP contribution is -2.17. The van der Waals surface area contributed by atoms with Gasteiger partial charge in [-0.3, -0.25) is 0 Å². The molecule has 1 atom stereocenters. The first-order chi connectivity index (χ1) is 16.5. The van der Waals surface area contributed by atoms with E-state index in [1.807, 2.05) is 0 Å². The van der Waals surface area contributed by atoms with Gasteiger partial charge in [0.2, 0.25) is 0 Å². The Hall–Kier alpha value is -2.20. The number of hydrogen-bond acceptors (Lipinski definition) is 4. The number of ether oxygens (including phenoxy) is 3. The van der Waals surface area contributed by atoms with E-state index < -0.39 is 55.6 Å². The molecule has 142 valence electrons. The van der Waals surface area contributed by atoms with Gasteiger partial charge in [0.05, 0.1) is 28.5 Å². The average Bonchev–Trinajstić information content (AvgIpc) is 2.82. The molecule has 4 nitrogen and oxygen atoms in total. The van der Waals surface area contributed by atoms with Crippen LogP contribution >= 0.6 is 0 Å². The van der Waals surface area contributed by atoms with Gasteiger partial charge in [-0.05, 0) is 73.9 Å². The third-order valence-corrected chi connectivity index (χ3v) is 3.62. The van der Waals surface area contributed by atoms with Gasteiger partial charge in [0.1, 0.15) is 12.4 Å². The van der Waals surface area contributed by atoms with Crippen molar-refractivity contribution in [3.05, 3.63) is 52.9 Å². The fourth-order valence-corrected chi connectivity index (χ4v) is 1.99. The minimum Gasteiger partial charge on any atom is -0.493 e. The first-order valence-electron chi connectivity index (χ1n) is 13.1. The van der Waals surface area contributed by atoms with Crippen LogP contribution in [-0.2, 0) is 6.37 Å². The standard InChI is InChI=1S/C22H30O4/c1-16-9-11-20(13-17(16)2)26-15-19(23)8-6-5-7-18-10-12-21(24-3)22(14-18)25-4/h9-14,19,23H,5-8,15H2,1-4H3/i5D2,7D2,9D,10D,11D,12D,13D,14D. The molecule has 2 aromatic rings. The van der Waals surface area contributed by atoms with Crippen LogP contribution in [0.4, 0.5) is 0 Å². The van der Waals surface area contributed by atoms with Gasteiger partial charge in [0.25, 0.3) is 0 Å². The van der Waals surface area contributed by atoms with E-state index >= 15 is 0 Å². The predicted molar refractivity (Wildman–Crippen MR) is 105 cm³/mol. The van der Waals surface area contributed by atoms with Crippen LogP contribution in [0.5, 0.6) is 17.2 Å². The minimum atomic E-state index is -2.91. The lowest BCUT2D eigenvalue weighted by molar-refractivity contribution is 0.0976. The molecule has 0 aliphatic carbocycles. The molecular formula is C22H30O4. The molecule has 0 heterocycles. The molecule has 0 saturated carbocycles. The Morgan fingerprint density at radius 3 is 2.54 bits per heavy atom. The third-order valence-electron chi connectivity index (χ3n) is 3.62. The topological polar surface area (TPSA) is 47.9 Å². The summed E-state index contributed by atoms with van der Waals surface area (Å²) in [6.07, 6.45) is -7.71. The van der Waals surface area contributed by atoms with E-state index in [4.69, 9.17) is 27.9 Å². The first-order valence-corrected chi connectivity index (χ1v) is 8.15. The molecule has 26 heavy (non-hydrogen) atoms. The molecule has 1 N–H and O–H groups in total. The number of hydrogen-bond donors (Lipinski definition) is 1. The third kappa shape index (κ3) is 5.95. The predicted octanol–water partition coefficient (Wildman–Crippen LogP) is 4.47. The molecule has 2 rings (SSSR count). The van der Waals surface area contributed by atoms with E-state index in [2.05, 4.69) is 0 Å². The summed E-state index contributed by atoms with van der Waals surface area (Å²) in [5.74, 6) is -0.697. The zero-order valence-corrected chi connectivity index (χ0v) is 15.4. The second-order valence-corrected chi connectivity index (χ2v) is 5.58. The highest BCUT2D eigenvalue weighted by atomic mass is 16.5. The van der Waals surface area contributed by atoms with E-state index in [0.29, 0.717) is 11.1 Å². The van der Waals surface area contributed by atoms with Gasteiger partial charge in [0.15, 0.2) is 11.5 Å². The average molecular weight is 369 g/mol. The van der Waals surface area contributed by atoms with Crippen molar-refractivity contribution in [1.29, 1.82) is 0 Å². The summed E-state index contributed by atoms with van der Waals surface area (Å²) < 4.78 is 97.7. The van der Waals surface area contributed by atoms with Crippen molar-refractivity contribution in [3.63, 3.8) is 0 Å². The molecule has 4 heteroatoms. The second kappa shape index (κ2) is 10.1. The van der Waals surface area contributed by atoms with Crippen molar-refractivity contribution in [1.82, 2.24) is 0 Å². The van der Waals surface area contributed by atoms with Gasteiger partial charge < -0.3 is 19.3 Å². The molecule has 2 aromatic carbocycles. The van der Waals surface area contributed by atoms with E-state index in [-0.39, 0.29) is 41.8 Å². The minimum absolute atomic E-state index is 0.0852. The van der Waals surface area contributed by atoms with Crippen molar-refractivity contribution >= 4 is 0 Å². The van der Waals surface area contributed by atoms with Gasteiger partial charge in [-0.1, -0.05) is 18.5 Å². The molecule has 0 radical (unpaired) electrons. The van der Waals surface area contributed by atoms with E-state index in [1.165, 1.54) is 14.2 Å². The van der Waals surface area contributed by atoms with Crippen LogP contribution in [0.15, 0.2) is 36.3 Å². The van der Waals surface area contributed by atoms with Crippen LogP contribution < -0.4 is 14.2 Å². The molecule has 0 spiro atoms. The maximum atomic E-state index is 10.4. The smallest absolute Gasteiger partial charge is 0.160 e. The molecule has 0 saturated heterocycles. The molecule has 0 aliphatic rings. The lowest BCUT2D eigenvalue weighted by atomic mass is 10.0. The summed E-state index contributed by atoms with van der Waals surface area (Å²) >= 11 is 0. The Balaban J connectivity index is 2.25. The summed E-state index contributed by atoms with van der Waals surface area (Å²) in [6.45, 7) is 2.82. The highest BCUT2D eigenvalue weighted by Gasteiger charge is 2.07. The molecule has 0 amide bonds. The number of aliphatic hydroxyl groups is 1. The van der Waals surface area contributed by atoms with Crippen LogP contribution in [0, 0.1) is 13.8 Å². The maximum Gasteiger partial charge on any atom is 0.160 e. The molecule has 0 fully saturated rings. The Morgan fingerprint density at radius 2 is 1.81 bits per heavy atom. The quantitative estimate of drug-likeness (QED) is 0.672. The monoisotopic (exact) mass is 368 g/mol. The van der Waals surface area contributed by atoms with Crippen molar-refractivity contribution in [2.45, 2.75) is 45.5 Å². The fraction of sp³-hybridized carbons (Fsp3) is 0.455. The molecule has 0 aliphatic heterocycles. The Labute approximate surface area is 170 Å². The van der Waals surface area contributed by atoms with Gasteiger partial charge in [-0.25, -0.2) is 0 Å². The van der Waals surface area contributed by atoms with E-state index in [0.717, 1.165) is 0 Å². The normalized spacial score (nSPS) is 18.5. The Kier molecular flexibility index (Phi) is 3.96. The summed E-state index contributed by atoms with van der Waals surface area (Å²) in [5.41, 5.74) is 0.268. The fourth-order valence-electron chi connectivity index (χ4n) is 1.99. The second-order valence-electron chi connectivity index (χ2n) is 5.58. The van der Waals surface area contributed by atoms with Crippen molar-refractivity contribution in [3.8, 4) is 17.2 Å². The van der Waals surface area contributed by atoms with Crippen LogP contribution in [0.25, 0.3) is 0 Å².